The van der Waals surface area contributed by atoms with Crippen molar-refractivity contribution in [3.8, 4) is 0 Å². The Hall–Kier alpha value is -1.78. The highest BCUT2D eigenvalue weighted by atomic mass is 127. The maximum atomic E-state index is 14.9. The number of rotatable bonds is 5. The molecule has 4 rings (SSSR count). The zero-order valence-corrected chi connectivity index (χ0v) is 26.1. The number of hydrogen-bond acceptors (Lipinski definition) is 3. The number of hydrogen-bond donors (Lipinski definition) is 1. The van der Waals surface area contributed by atoms with Crippen LogP contribution in [0, 0.1) is 24.5 Å². The van der Waals surface area contributed by atoms with E-state index in [4.69, 9.17) is 11.6 Å². The summed E-state index contributed by atoms with van der Waals surface area (Å²) in [5.41, 5.74) is 3.33. The second-order valence-corrected chi connectivity index (χ2v) is 13.5. The Bertz CT molecular complexity index is 1240. The zero-order chi connectivity index (χ0) is 28.6. The molecule has 2 amide bonds. The fourth-order valence-electron chi connectivity index (χ4n) is 5.91. The number of likely N-dealkylation sites (tertiary alicyclic amines) is 2. The third-order valence-corrected chi connectivity index (χ3v) is 9.55. The Morgan fingerprint density at radius 2 is 1.74 bits per heavy atom. The molecule has 5 nitrogen and oxygen atoms in total. The van der Waals surface area contributed by atoms with Gasteiger partial charge in [0.05, 0.1) is 5.92 Å². The first-order chi connectivity index (χ1) is 18.3. The highest BCUT2D eigenvalue weighted by Gasteiger charge is 2.44. The molecule has 9 heteroatoms. The van der Waals surface area contributed by atoms with Crippen molar-refractivity contribution in [1.29, 1.82) is 0 Å². The molecule has 2 unspecified atom stereocenters. The van der Waals surface area contributed by atoms with Crippen molar-refractivity contribution >= 4 is 46.0 Å². The molecule has 0 spiro atoms. The molecular weight excluding hydrogens is 635 g/mol. The first-order valence-corrected chi connectivity index (χ1v) is 15.1. The van der Waals surface area contributed by atoms with Gasteiger partial charge in [-0.15, -0.1) is 0 Å². The molecule has 2 heterocycles. The molecule has 0 radical (unpaired) electrons. The van der Waals surface area contributed by atoms with Gasteiger partial charge in [-0.1, -0.05) is 46.3 Å². The first-order valence-electron chi connectivity index (χ1n) is 13.5. The summed E-state index contributed by atoms with van der Waals surface area (Å²) in [6.45, 7) is 12.0. The maximum Gasteiger partial charge on any atom is 0.227 e. The van der Waals surface area contributed by atoms with E-state index < -0.39 is 17.6 Å². The minimum Gasteiger partial charge on any atom is -0.342 e. The SMILES string of the molecule is CC(=O)N[C@@H](I)c1cc(C)c(Cl)cc1C1CCN(C(=O)C2CN(C(C)(C)C)CC2c2ccc(F)cc2F)CC1. The summed E-state index contributed by atoms with van der Waals surface area (Å²) in [7, 11) is 0. The van der Waals surface area contributed by atoms with Gasteiger partial charge in [0.1, 0.15) is 15.7 Å². The quantitative estimate of drug-likeness (QED) is 0.218. The van der Waals surface area contributed by atoms with Crippen LogP contribution in [0.1, 0.15) is 78.7 Å². The number of nitrogens with zero attached hydrogens (tertiary/aromatic N) is 2. The Morgan fingerprint density at radius 1 is 1.08 bits per heavy atom. The summed E-state index contributed by atoms with van der Waals surface area (Å²) in [5.74, 6) is -1.81. The Balaban J connectivity index is 1.53. The van der Waals surface area contributed by atoms with E-state index >= 15 is 0 Å². The lowest BCUT2D eigenvalue weighted by Gasteiger charge is -2.36. The molecule has 0 aliphatic carbocycles. The number of amides is 2. The molecule has 2 aliphatic heterocycles. The van der Waals surface area contributed by atoms with Crippen LogP contribution < -0.4 is 5.32 Å². The van der Waals surface area contributed by atoms with E-state index in [1.807, 2.05) is 24.0 Å². The summed E-state index contributed by atoms with van der Waals surface area (Å²) in [6, 6.07) is 7.73. The van der Waals surface area contributed by atoms with Gasteiger partial charge >= 0.3 is 0 Å². The van der Waals surface area contributed by atoms with Crippen molar-refractivity contribution in [3.05, 3.63) is 69.2 Å². The molecule has 0 saturated carbocycles. The molecule has 2 fully saturated rings. The standard InChI is InChI=1S/C30H37ClF2IN3O2/c1-17-12-23(28(34)35-18(2)38)22(14-26(17)31)19-8-10-36(11-9-19)29(39)25-16-37(30(3,4)5)15-24(25)21-7-6-20(32)13-27(21)33/h6-7,12-14,19,24-25,28H,8-11,15-16H2,1-5H3,(H,35,38)/t24?,25?,28-/m1/s1. The van der Waals surface area contributed by atoms with Crippen molar-refractivity contribution in [2.24, 2.45) is 5.92 Å². The van der Waals surface area contributed by atoms with Crippen molar-refractivity contribution in [2.75, 3.05) is 26.2 Å². The van der Waals surface area contributed by atoms with Crippen LogP contribution in [0.15, 0.2) is 30.3 Å². The number of aryl methyl sites for hydroxylation is 1. The van der Waals surface area contributed by atoms with Crippen LogP contribution in [-0.2, 0) is 9.59 Å². The summed E-state index contributed by atoms with van der Waals surface area (Å²) in [6.07, 6.45) is 1.54. The average molecular weight is 672 g/mol. The Labute approximate surface area is 248 Å². The molecule has 2 aromatic carbocycles. The second kappa shape index (κ2) is 12.0. The highest BCUT2D eigenvalue weighted by molar-refractivity contribution is 14.1. The molecule has 212 valence electrons. The molecule has 2 aromatic rings. The van der Waals surface area contributed by atoms with Gasteiger partial charge in [0, 0.05) is 55.6 Å². The van der Waals surface area contributed by atoms with Crippen LogP contribution in [0.4, 0.5) is 8.78 Å². The lowest BCUT2D eigenvalue weighted by molar-refractivity contribution is -0.136. The van der Waals surface area contributed by atoms with Crippen LogP contribution in [0.5, 0.6) is 0 Å². The van der Waals surface area contributed by atoms with Crippen molar-refractivity contribution in [2.45, 2.75) is 68.9 Å². The Morgan fingerprint density at radius 3 is 2.33 bits per heavy atom. The third-order valence-electron chi connectivity index (χ3n) is 8.16. The summed E-state index contributed by atoms with van der Waals surface area (Å²) < 4.78 is 28.3. The molecule has 39 heavy (non-hydrogen) atoms. The monoisotopic (exact) mass is 671 g/mol. The first kappa shape index (κ1) is 30.2. The van der Waals surface area contributed by atoms with Crippen molar-refractivity contribution in [3.63, 3.8) is 0 Å². The second-order valence-electron chi connectivity index (χ2n) is 11.8. The van der Waals surface area contributed by atoms with Crippen LogP contribution in [0.25, 0.3) is 0 Å². The van der Waals surface area contributed by atoms with Crippen molar-refractivity contribution in [1.82, 2.24) is 15.1 Å². The smallest absolute Gasteiger partial charge is 0.227 e. The maximum absolute atomic E-state index is 14.9. The van der Waals surface area contributed by atoms with Crippen LogP contribution in [0.3, 0.4) is 0 Å². The highest BCUT2D eigenvalue weighted by Crippen LogP contribution is 2.41. The molecule has 3 atom stereocenters. The van der Waals surface area contributed by atoms with E-state index in [1.165, 1.54) is 19.1 Å². The van der Waals surface area contributed by atoms with Gasteiger partial charge in [-0.25, -0.2) is 8.78 Å². The molecule has 0 aromatic heterocycles. The topological polar surface area (TPSA) is 52.7 Å². The Kier molecular flexibility index (Phi) is 9.28. The van der Waals surface area contributed by atoms with Gasteiger partial charge in [0.15, 0.2) is 0 Å². The van der Waals surface area contributed by atoms with Crippen LogP contribution in [-0.4, -0.2) is 53.3 Å². The van der Waals surface area contributed by atoms with Crippen LogP contribution >= 0.6 is 34.2 Å². The predicted molar refractivity (Wildman–Crippen MR) is 159 cm³/mol. The normalized spacial score (nSPS) is 21.7. The van der Waals surface area contributed by atoms with E-state index in [2.05, 4.69) is 53.6 Å². The van der Waals surface area contributed by atoms with E-state index in [9.17, 15) is 18.4 Å². The number of alkyl halides is 1. The summed E-state index contributed by atoms with van der Waals surface area (Å²) >= 11 is 8.75. The number of benzene rings is 2. The summed E-state index contributed by atoms with van der Waals surface area (Å²) in [4.78, 5) is 29.8. The van der Waals surface area contributed by atoms with E-state index in [1.54, 1.807) is 0 Å². The van der Waals surface area contributed by atoms with Gasteiger partial charge in [0.2, 0.25) is 11.8 Å². The minimum atomic E-state index is -0.616. The van der Waals surface area contributed by atoms with Gasteiger partial charge in [-0.2, -0.15) is 0 Å². The number of piperidine rings is 1. The predicted octanol–water partition coefficient (Wildman–Crippen LogP) is 6.72. The zero-order valence-electron chi connectivity index (χ0n) is 23.2. The largest absolute Gasteiger partial charge is 0.342 e. The fourth-order valence-corrected chi connectivity index (χ4v) is 7.06. The van der Waals surface area contributed by atoms with E-state index in [0.717, 1.165) is 35.6 Å². The fraction of sp³-hybridized carbons (Fsp3) is 0.533. The number of carbonyl (C=O) groups excluding carboxylic acids is 2. The third kappa shape index (κ3) is 6.76. The lowest BCUT2D eigenvalue weighted by Crippen LogP contribution is -2.44. The minimum absolute atomic E-state index is 0.0288. The molecule has 0 bridgehead atoms. The number of carbonyl (C=O) groups is 2. The number of halogens is 4. The summed E-state index contributed by atoms with van der Waals surface area (Å²) in [5, 5.41) is 3.67. The van der Waals surface area contributed by atoms with Gasteiger partial charge in [-0.3, -0.25) is 14.5 Å². The van der Waals surface area contributed by atoms with Gasteiger partial charge in [-0.05, 0) is 80.8 Å². The molecular formula is C30H37ClF2IN3O2. The van der Waals surface area contributed by atoms with Gasteiger partial charge in [0.25, 0.3) is 0 Å². The molecule has 1 N–H and O–H groups in total. The van der Waals surface area contributed by atoms with E-state index in [-0.39, 0.29) is 33.2 Å². The number of nitrogens with one attached hydrogen (secondary N) is 1. The van der Waals surface area contributed by atoms with Crippen LogP contribution in [0.2, 0.25) is 5.02 Å². The van der Waals surface area contributed by atoms with E-state index in [0.29, 0.717) is 36.8 Å². The van der Waals surface area contributed by atoms with Crippen molar-refractivity contribution < 1.29 is 18.4 Å². The molecule has 2 aliphatic rings. The molecule has 2 saturated heterocycles. The average Bonchev–Trinajstić information content (AvgIpc) is 3.30. The lowest BCUT2D eigenvalue weighted by atomic mass is 9.84. The van der Waals surface area contributed by atoms with Gasteiger partial charge < -0.3 is 10.2 Å².